The van der Waals surface area contributed by atoms with E-state index in [1.165, 1.54) is 6.20 Å². The third-order valence-corrected chi connectivity index (χ3v) is 2.70. The normalized spacial score (nSPS) is 11.3. The summed E-state index contributed by atoms with van der Waals surface area (Å²) >= 11 is 0. The molecule has 15 heavy (non-hydrogen) atoms. The van der Waals surface area contributed by atoms with Crippen molar-refractivity contribution in [3.8, 4) is 5.75 Å². The summed E-state index contributed by atoms with van der Waals surface area (Å²) in [6, 6.07) is 7.92. The second-order valence-corrected chi connectivity index (χ2v) is 3.65. The van der Waals surface area contributed by atoms with Gasteiger partial charge in [-0.3, -0.25) is 4.98 Å². The number of nitrogens with zero attached hydrogens (tertiary/aromatic N) is 1. The van der Waals surface area contributed by atoms with Crippen molar-refractivity contribution in [1.82, 2.24) is 9.97 Å². The molecule has 2 N–H and O–H groups in total. The highest BCUT2D eigenvalue weighted by molar-refractivity contribution is 6.10. The Balaban J connectivity index is 2.66. The van der Waals surface area contributed by atoms with Gasteiger partial charge in [0.1, 0.15) is 5.75 Å². The third-order valence-electron chi connectivity index (χ3n) is 2.70. The van der Waals surface area contributed by atoms with E-state index in [0.29, 0.717) is 0 Å². The van der Waals surface area contributed by atoms with E-state index in [2.05, 4.69) is 9.97 Å². The highest BCUT2D eigenvalue weighted by atomic mass is 16.3. The molecule has 0 aliphatic heterocycles. The highest BCUT2D eigenvalue weighted by Crippen LogP contribution is 2.32. The SMILES string of the molecule is Cc1ncc(O)c2c1[nH]c1ccccc12. The van der Waals surface area contributed by atoms with E-state index in [4.69, 9.17) is 0 Å². The average Bonchev–Trinajstić information content (AvgIpc) is 2.64. The van der Waals surface area contributed by atoms with Gasteiger partial charge in [0.2, 0.25) is 0 Å². The number of rotatable bonds is 0. The zero-order valence-corrected chi connectivity index (χ0v) is 8.28. The minimum atomic E-state index is 0.230. The molecule has 0 amide bonds. The van der Waals surface area contributed by atoms with Crippen LogP contribution in [0.1, 0.15) is 5.69 Å². The summed E-state index contributed by atoms with van der Waals surface area (Å²) in [6.07, 6.45) is 1.50. The first-order valence-electron chi connectivity index (χ1n) is 4.82. The van der Waals surface area contributed by atoms with Crippen LogP contribution in [0.3, 0.4) is 0 Å². The Labute approximate surface area is 86.4 Å². The number of aryl methyl sites for hydroxylation is 1. The number of aromatic nitrogens is 2. The van der Waals surface area contributed by atoms with Crippen molar-refractivity contribution in [2.75, 3.05) is 0 Å². The van der Waals surface area contributed by atoms with Gasteiger partial charge in [-0.1, -0.05) is 18.2 Å². The van der Waals surface area contributed by atoms with Gasteiger partial charge in [0.15, 0.2) is 0 Å². The lowest BCUT2D eigenvalue weighted by Crippen LogP contribution is -1.81. The minimum Gasteiger partial charge on any atom is -0.506 e. The molecule has 0 bridgehead atoms. The lowest BCUT2D eigenvalue weighted by molar-refractivity contribution is 0.479. The van der Waals surface area contributed by atoms with Crippen molar-refractivity contribution in [3.05, 3.63) is 36.2 Å². The van der Waals surface area contributed by atoms with E-state index in [-0.39, 0.29) is 5.75 Å². The van der Waals surface area contributed by atoms with E-state index < -0.39 is 0 Å². The van der Waals surface area contributed by atoms with Crippen LogP contribution in [0.5, 0.6) is 5.75 Å². The Morgan fingerprint density at radius 2 is 2.07 bits per heavy atom. The molecular formula is C12H10N2O. The quantitative estimate of drug-likeness (QED) is 0.583. The van der Waals surface area contributed by atoms with Crippen LogP contribution in [-0.2, 0) is 0 Å². The number of aromatic amines is 1. The van der Waals surface area contributed by atoms with Crippen molar-refractivity contribution < 1.29 is 5.11 Å². The van der Waals surface area contributed by atoms with Gasteiger partial charge in [-0.05, 0) is 13.0 Å². The smallest absolute Gasteiger partial charge is 0.143 e. The molecule has 2 heterocycles. The van der Waals surface area contributed by atoms with E-state index in [1.54, 1.807) is 0 Å². The van der Waals surface area contributed by atoms with Crippen LogP contribution in [-0.4, -0.2) is 15.1 Å². The summed E-state index contributed by atoms with van der Waals surface area (Å²) in [4.78, 5) is 7.39. The number of hydrogen-bond acceptors (Lipinski definition) is 2. The molecule has 3 rings (SSSR count). The molecular weight excluding hydrogens is 188 g/mol. The summed E-state index contributed by atoms with van der Waals surface area (Å²) in [5, 5.41) is 11.7. The molecule has 0 spiro atoms. The van der Waals surface area contributed by atoms with Gasteiger partial charge in [0.25, 0.3) is 0 Å². The molecule has 0 unspecified atom stereocenters. The standard InChI is InChI=1S/C12H10N2O/c1-7-12-11(10(15)6-13-7)8-4-2-3-5-9(8)14-12/h2-6,14-15H,1H3. The van der Waals surface area contributed by atoms with Gasteiger partial charge in [0.05, 0.1) is 22.8 Å². The zero-order chi connectivity index (χ0) is 10.4. The zero-order valence-electron chi connectivity index (χ0n) is 8.28. The average molecular weight is 198 g/mol. The van der Waals surface area contributed by atoms with E-state index >= 15 is 0 Å². The van der Waals surface area contributed by atoms with E-state index in [1.807, 2.05) is 31.2 Å². The fourth-order valence-electron chi connectivity index (χ4n) is 1.97. The Morgan fingerprint density at radius 3 is 2.93 bits per heavy atom. The van der Waals surface area contributed by atoms with Crippen molar-refractivity contribution >= 4 is 21.8 Å². The summed E-state index contributed by atoms with van der Waals surface area (Å²) in [5.74, 6) is 0.230. The Bertz CT molecular complexity index is 655. The maximum absolute atomic E-state index is 9.80. The van der Waals surface area contributed by atoms with Crippen molar-refractivity contribution in [2.24, 2.45) is 0 Å². The lowest BCUT2D eigenvalue weighted by atomic mass is 10.1. The second-order valence-electron chi connectivity index (χ2n) is 3.65. The van der Waals surface area contributed by atoms with Crippen LogP contribution in [0.15, 0.2) is 30.5 Å². The second kappa shape index (κ2) is 2.73. The molecule has 0 aliphatic rings. The number of hydrogen-bond donors (Lipinski definition) is 2. The van der Waals surface area contributed by atoms with Crippen molar-refractivity contribution in [2.45, 2.75) is 6.92 Å². The number of H-pyrrole nitrogens is 1. The molecule has 3 nitrogen and oxygen atoms in total. The maximum atomic E-state index is 9.80. The minimum absolute atomic E-state index is 0.230. The Kier molecular flexibility index (Phi) is 1.51. The summed E-state index contributed by atoms with van der Waals surface area (Å²) in [7, 11) is 0. The number of pyridine rings is 1. The van der Waals surface area contributed by atoms with E-state index in [0.717, 1.165) is 27.5 Å². The van der Waals surface area contributed by atoms with Crippen LogP contribution >= 0.6 is 0 Å². The molecule has 0 fully saturated rings. The van der Waals surface area contributed by atoms with E-state index in [9.17, 15) is 5.11 Å². The highest BCUT2D eigenvalue weighted by Gasteiger charge is 2.10. The predicted molar refractivity (Wildman–Crippen MR) is 60.0 cm³/mol. The topological polar surface area (TPSA) is 48.9 Å². The number of para-hydroxylation sites is 1. The van der Waals surface area contributed by atoms with Gasteiger partial charge >= 0.3 is 0 Å². The molecule has 1 aromatic carbocycles. The third kappa shape index (κ3) is 1.03. The maximum Gasteiger partial charge on any atom is 0.143 e. The molecule has 0 saturated heterocycles. The molecule has 0 radical (unpaired) electrons. The van der Waals surface area contributed by atoms with Crippen LogP contribution < -0.4 is 0 Å². The number of fused-ring (bicyclic) bond motifs is 3. The first-order valence-corrected chi connectivity index (χ1v) is 4.82. The van der Waals surface area contributed by atoms with Gasteiger partial charge in [-0.2, -0.15) is 0 Å². The Hall–Kier alpha value is -2.03. The summed E-state index contributed by atoms with van der Waals surface area (Å²) in [6.45, 7) is 1.93. The van der Waals surface area contributed by atoms with Gasteiger partial charge in [-0.25, -0.2) is 0 Å². The number of nitrogens with one attached hydrogen (secondary N) is 1. The monoisotopic (exact) mass is 198 g/mol. The molecule has 2 aromatic heterocycles. The lowest BCUT2D eigenvalue weighted by Gasteiger charge is -1.97. The fourth-order valence-corrected chi connectivity index (χ4v) is 1.97. The van der Waals surface area contributed by atoms with Crippen molar-refractivity contribution in [1.29, 1.82) is 0 Å². The van der Waals surface area contributed by atoms with Gasteiger partial charge in [0, 0.05) is 10.9 Å². The van der Waals surface area contributed by atoms with Crippen LogP contribution in [0.2, 0.25) is 0 Å². The van der Waals surface area contributed by atoms with Crippen LogP contribution in [0.25, 0.3) is 21.8 Å². The fraction of sp³-hybridized carbons (Fsp3) is 0.0833. The Morgan fingerprint density at radius 1 is 1.27 bits per heavy atom. The molecule has 74 valence electrons. The first-order chi connectivity index (χ1) is 7.27. The molecule has 3 heteroatoms. The molecule has 0 saturated carbocycles. The van der Waals surface area contributed by atoms with Crippen molar-refractivity contribution in [3.63, 3.8) is 0 Å². The molecule has 3 aromatic rings. The first kappa shape index (κ1) is 8.29. The summed E-state index contributed by atoms with van der Waals surface area (Å²) < 4.78 is 0. The number of benzene rings is 1. The molecule has 0 atom stereocenters. The predicted octanol–water partition coefficient (Wildman–Crippen LogP) is 2.73. The number of aromatic hydroxyl groups is 1. The van der Waals surface area contributed by atoms with Gasteiger partial charge in [-0.15, -0.1) is 0 Å². The van der Waals surface area contributed by atoms with Crippen LogP contribution in [0.4, 0.5) is 0 Å². The van der Waals surface area contributed by atoms with Crippen LogP contribution in [0, 0.1) is 6.92 Å². The summed E-state index contributed by atoms with van der Waals surface area (Å²) in [5.41, 5.74) is 2.84. The van der Waals surface area contributed by atoms with Gasteiger partial charge < -0.3 is 10.1 Å². The largest absolute Gasteiger partial charge is 0.506 e. The molecule has 0 aliphatic carbocycles.